The molecule has 0 saturated heterocycles. The number of nitrogens with one attached hydrogen (secondary N) is 1. The fourth-order valence-electron chi connectivity index (χ4n) is 1.99. The zero-order valence-electron chi connectivity index (χ0n) is 12.1. The molecule has 0 unspecified atom stereocenters. The van der Waals surface area contributed by atoms with Crippen molar-refractivity contribution in [1.82, 2.24) is 9.97 Å². The summed E-state index contributed by atoms with van der Waals surface area (Å²) in [4.78, 5) is 20.7. The van der Waals surface area contributed by atoms with Crippen molar-refractivity contribution in [2.24, 2.45) is 0 Å². The summed E-state index contributed by atoms with van der Waals surface area (Å²) in [6.45, 7) is 1.95. The number of nitrogens with zero attached hydrogens (tertiary/aromatic N) is 2. The van der Waals surface area contributed by atoms with Crippen molar-refractivity contribution in [1.29, 1.82) is 0 Å². The Morgan fingerprint density at radius 1 is 1.18 bits per heavy atom. The minimum absolute atomic E-state index is 0.230. The van der Waals surface area contributed by atoms with Gasteiger partial charge in [0.25, 0.3) is 5.91 Å². The Morgan fingerprint density at radius 3 is 2.73 bits per heavy atom. The third kappa shape index (κ3) is 3.56. The van der Waals surface area contributed by atoms with Gasteiger partial charge in [0.15, 0.2) is 0 Å². The van der Waals surface area contributed by atoms with Crippen LogP contribution in [0.4, 0.5) is 5.82 Å². The molecule has 1 N–H and O–H groups in total. The van der Waals surface area contributed by atoms with Crippen molar-refractivity contribution in [3.8, 4) is 0 Å². The molecule has 0 atom stereocenters. The lowest BCUT2D eigenvalue weighted by molar-refractivity contribution is 0.102. The first-order chi connectivity index (χ1) is 10.7. The van der Waals surface area contributed by atoms with E-state index in [-0.39, 0.29) is 5.91 Å². The maximum absolute atomic E-state index is 12.2. The quantitative estimate of drug-likeness (QED) is 0.799. The van der Waals surface area contributed by atoms with Crippen LogP contribution in [0.25, 0.3) is 0 Å². The van der Waals surface area contributed by atoms with E-state index in [0.29, 0.717) is 11.5 Å². The second-order valence-electron chi connectivity index (χ2n) is 4.96. The average molecular weight is 309 g/mol. The Kier molecular flexibility index (Phi) is 4.25. The monoisotopic (exact) mass is 309 g/mol. The topological polar surface area (TPSA) is 54.9 Å². The van der Waals surface area contributed by atoms with Gasteiger partial charge in [-0.1, -0.05) is 36.4 Å². The van der Waals surface area contributed by atoms with Gasteiger partial charge in [0.2, 0.25) is 0 Å². The molecule has 2 aromatic heterocycles. The summed E-state index contributed by atoms with van der Waals surface area (Å²) in [7, 11) is 0. The van der Waals surface area contributed by atoms with E-state index < -0.39 is 0 Å². The molecule has 0 spiro atoms. The Hall–Kier alpha value is -2.53. The minimum atomic E-state index is -0.230. The Bertz CT molecular complexity index is 766. The number of aromatic nitrogens is 2. The molecule has 1 aromatic carbocycles. The Labute approximate surface area is 132 Å². The number of carbonyl (C=O) groups is 1. The smallest absolute Gasteiger partial charge is 0.276 e. The third-order valence-corrected chi connectivity index (χ3v) is 3.98. The van der Waals surface area contributed by atoms with Gasteiger partial charge in [0.05, 0.1) is 5.01 Å². The van der Waals surface area contributed by atoms with Crippen molar-refractivity contribution in [2.45, 2.75) is 13.3 Å². The van der Waals surface area contributed by atoms with Gasteiger partial charge in [0.1, 0.15) is 11.5 Å². The molecule has 0 bridgehead atoms. The molecule has 0 aliphatic heterocycles. The van der Waals surface area contributed by atoms with Gasteiger partial charge < -0.3 is 5.32 Å². The van der Waals surface area contributed by atoms with Gasteiger partial charge in [-0.15, -0.1) is 11.3 Å². The van der Waals surface area contributed by atoms with Crippen molar-refractivity contribution >= 4 is 23.1 Å². The molecular formula is C17H15N3OS. The maximum atomic E-state index is 12.2. The highest BCUT2D eigenvalue weighted by atomic mass is 32.1. The first-order valence-corrected chi connectivity index (χ1v) is 7.81. The number of hydrogen-bond donors (Lipinski definition) is 1. The summed E-state index contributed by atoms with van der Waals surface area (Å²) >= 11 is 1.49. The van der Waals surface area contributed by atoms with Crippen LogP contribution in [0, 0.1) is 6.92 Å². The molecule has 0 fully saturated rings. The molecule has 0 aliphatic rings. The molecule has 0 aliphatic carbocycles. The lowest BCUT2D eigenvalue weighted by Crippen LogP contribution is -2.13. The van der Waals surface area contributed by atoms with Crippen LogP contribution < -0.4 is 5.32 Å². The molecule has 4 nitrogen and oxygen atoms in total. The molecular weight excluding hydrogens is 294 g/mol. The van der Waals surface area contributed by atoms with E-state index in [4.69, 9.17) is 0 Å². The second-order valence-corrected chi connectivity index (χ2v) is 5.91. The lowest BCUT2D eigenvalue weighted by atomic mass is 10.2. The van der Waals surface area contributed by atoms with Gasteiger partial charge in [-0.2, -0.15) is 0 Å². The fourth-order valence-corrected chi connectivity index (χ4v) is 2.80. The third-order valence-electron chi connectivity index (χ3n) is 3.14. The standard InChI is InChI=1S/C17H15N3OS/c1-12-7-8-15(18-10-12)20-17(21)14-11-22-16(19-14)9-13-5-3-2-4-6-13/h2-8,10-11H,9H2,1H3,(H,18,20,21). The predicted molar refractivity (Wildman–Crippen MR) is 88.3 cm³/mol. The molecule has 0 radical (unpaired) electrons. The first-order valence-electron chi connectivity index (χ1n) is 6.93. The summed E-state index contributed by atoms with van der Waals surface area (Å²) in [6, 6.07) is 13.8. The molecule has 22 heavy (non-hydrogen) atoms. The number of aryl methyl sites for hydroxylation is 1. The molecule has 0 saturated carbocycles. The van der Waals surface area contributed by atoms with Gasteiger partial charge in [-0.25, -0.2) is 9.97 Å². The van der Waals surface area contributed by atoms with Crippen LogP contribution in [0.15, 0.2) is 54.0 Å². The van der Waals surface area contributed by atoms with Crippen LogP contribution in [0.5, 0.6) is 0 Å². The molecule has 110 valence electrons. The van der Waals surface area contributed by atoms with Crippen LogP contribution in [0.3, 0.4) is 0 Å². The van der Waals surface area contributed by atoms with Gasteiger partial charge in [-0.3, -0.25) is 4.79 Å². The predicted octanol–water partition coefficient (Wildman–Crippen LogP) is 3.69. The average Bonchev–Trinajstić information content (AvgIpc) is 2.99. The van der Waals surface area contributed by atoms with Crippen LogP contribution in [0.1, 0.15) is 26.6 Å². The summed E-state index contributed by atoms with van der Waals surface area (Å²) in [6.07, 6.45) is 2.46. The van der Waals surface area contributed by atoms with Crippen molar-refractivity contribution in [2.75, 3.05) is 5.32 Å². The Balaban J connectivity index is 1.67. The number of pyridine rings is 1. The van der Waals surface area contributed by atoms with Crippen molar-refractivity contribution in [3.63, 3.8) is 0 Å². The van der Waals surface area contributed by atoms with Crippen molar-refractivity contribution < 1.29 is 4.79 Å². The van der Waals surface area contributed by atoms with Crippen LogP contribution >= 0.6 is 11.3 Å². The van der Waals surface area contributed by atoms with E-state index in [9.17, 15) is 4.79 Å². The number of benzene rings is 1. The lowest BCUT2D eigenvalue weighted by Gasteiger charge is -2.02. The van der Waals surface area contributed by atoms with Gasteiger partial charge >= 0.3 is 0 Å². The van der Waals surface area contributed by atoms with Crippen LogP contribution in [-0.4, -0.2) is 15.9 Å². The number of carbonyl (C=O) groups excluding carboxylic acids is 1. The van der Waals surface area contributed by atoms with E-state index in [1.165, 1.54) is 16.9 Å². The fraction of sp³-hybridized carbons (Fsp3) is 0.118. The highest BCUT2D eigenvalue weighted by Gasteiger charge is 2.11. The normalized spacial score (nSPS) is 10.4. The summed E-state index contributed by atoms with van der Waals surface area (Å²) in [5.41, 5.74) is 2.67. The minimum Gasteiger partial charge on any atom is -0.305 e. The number of rotatable bonds is 4. The maximum Gasteiger partial charge on any atom is 0.276 e. The molecule has 5 heteroatoms. The van der Waals surface area contributed by atoms with E-state index >= 15 is 0 Å². The highest BCUT2D eigenvalue weighted by Crippen LogP contribution is 2.16. The second kappa shape index (κ2) is 6.49. The number of thiazole rings is 1. The zero-order valence-corrected chi connectivity index (χ0v) is 12.9. The van der Waals surface area contributed by atoms with Gasteiger partial charge in [-0.05, 0) is 24.1 Å². The van der Waals surface area contributed by atoms with Gasteiger partial charge in [0, 0.05) is 18.0 Å². The molecule has 1 amide bonds. The van der Waals surface area contributed by atoms with E-state index in [1.54, 1.807) is 17.6 Å². The SMILES string of the molecule is Cc1ccc(NC(=O)c2csc(Cc3ccccc3)n2)nc1. The van der Waals surface area contributed by atoms with Crippen molar-refractivity contribution in [3.05, 3.63) is 75.9 Å². The van der Waals surface area contributed by atoms with Crippen LogP contribution in [0.2, 0.25) is 0 Å². The van der Waals surface area contributed by atoms with Crippen LogP contribution in [-0.2, 0) is 6.42 Å². The highest BCUT2D eigenvalue weighted by molar-refractivity contribution is 7.09. The summed E-state index contributed by atoms with van der Waals surface area (Å²) < 4.78 is 0. The first kappa shape index (κ1) is 14.4. The summed E-state index contributed by atoms with van der Waals surface area (Å²) in [5.74, 6) is 0.306. The number of amides is 1. The van der Waals surface area contributed by atoms with E-state index in [2.05, 4.69) is 27.4 Å². The molecule has 2 heterocycles. The van der Waals surface area contributed by atoms with E-state index in [1.807, 2.05) is 31.2 Å². The largest absolute Gasteiger partial charge is 0.305 e. The number of hydrogen-bond acceptors (Lipinski definition) is 4. The summed E-state index contributed by atoms with van der Waals surface area (Å²) in [5, 5.41) is 5.46. The molecule has 3 aromatic rings. The van der Waals surface area contributed by atoms with E-state index in [0.717, 1.165) is 17.0 Å². The Morgan fingerprint density at radius 2 is 2.00 bits per heavy atom. The zero-order chi connectivity index (χ0) is 15.4. The molecule has 3 rings (SSSR count). The number of anilines is 1.